The van der Waals surface area contributed by atoms with E-state index in [4.69, 9.17) is 12.6 Å². The Hall–Kier alpha value is -1.99. The monoisotopic (exact) mass is 278 g/mol. The third-order valence-electron chi connectivity index (χ3n) is 3.19. The molecule has 0 saturated carbocycles. The number of rotatable bonds is 2. The van der Waals surface area contributed by atoms with E-state index < -0.39 is 4.92 Å². The highest BCUT2D eigenvalue weighted by Gasteiger charge is 2.32. The normalized spacial score (nSPS) is 19.6. The van der Waals surface area contributed by atoms with Gasteiger partial charge < -0.3 is 12.6 Å². The van der Waals surface area contributed by atoms with Crippen molar-refractivity contribution in [1.29, 1.82) is 0 Å². The van der Waals surface area contributed by atoms with Gasteiger partial charge in [0.25, 0.3) is 11.5 Å². The van der Waals surface area contributed by atoms with Crippen LogP contribution in [-0.4, -0.2) is 41.5 Å². The number of nitro benzene ring substituents is 1. The number of likely N-dealkylation sites (N-methyl/N-ethyl adjacent to an activating group) is 1. The first kappa shape index (κ1) is 13.4. The lowest BCUT2D eigenvalue weighted by atomic mass is 10.3. The summed E-state index contributed by atoms with van der Waals surface area (Å²) in [6.07, 6.45) is 1.83. The summed E-state index contributed by atoms with van der Waals surface area (Å²) in [6, 6.07) is 6.13. The quantitative estimate of drug-likeness (QED) is 0.359. The highest BCUT2D eigenvalue weighted by atomic mass is 32.1. The third kappa shape index (κ3) is 2.42. The van der Waals surface area contributed by atoms with E-state index >= 15 is 0 Å². The minimum Gasteiger partial charge on any atom is -0.757 e. The van der Waals surface area contributed by atoms with E-state index in [0.717, 1.165) is 5.84 Å². The zero-order chi connectivity index (χ0) is 14.2. The van der Waals surface area contributed by atoms with Crippen molar-refractivity contribution in [3.05, 3.63) is 45.5 Å². The molecule has 0 atom stereocenters. The maximum Gasteiger partial charge on any atom is 0.269 e. The van der Waals surface area contributed by atoms with Gasteiger partial charge >= 0.3 is 0 Å². The van der Waals surface area contributed by atoms with Crippen LogP contribution < -0.4 is 0 Å². The molecule has 0 aliphatic carbocycles. The number of hydrogen-bond acceptors (Lipinski definition) is 5. The summed E-state index contributed by atoms with van der Waals surface area (Å²) in [6.45, 7) is 0. The molecule has 0 fully saturated rings. The van der Waals surface area contributed by atoms with Crippen LogP contribution in [0.5, 0.6) is 0 Å². The fourth-order valence-corrected chi connectivity index (χ4v) is 2.01. The minimum absolute atomic E-state index is 0.0562. The SMILES string of the molecule is CN1C([S-])=CC(=Nc2ccc([N+](=O)[O-])cc2)[N+]1(C)C. The summed E-state index contributed by atoms with van der Waals surface area (Å²) < 4.78 is 0.426. The van der Waals surface area contributed by atoms with Gasteiger partial charge in [-0.05, 0) is 17.2 Å². The molecular formula is C12H14N4O2S. The van der Waals surface area contributed by atoms with Gasteiger partial charge in [0.1, 0.15) is 0 Å². The van der Waals surface area contributed by atoms with Gasteiger partial charge in [0.15, 0.2) is 0 Å². The van der Waals surface area contributed by atoms with E-state index in [-0.39, 0.29) is 5.69 Å². The average molecular weight is 278 g/mol. The molecule has 1 aliphatic rings. The van der Waals surface area contributed by atoms with E-state index in [2.05, 4.69) is 4.99 Å². The van der Waals surface area contributed by atoms with Crippen molar-refractivity contribution in [2.75, 3.05) is 21.1 Å². The van der Waals surface area contributed by atoms with Crippen molar-refractivity contribution in [2.45, 2.75) is 0 Å². The summed E-state index contributed by atoms with van der Waals surface area (Å²) in [5.74, 6) is 0.793. The molecule has 100 valence electrons. The van der Waals surface area contributed by atoms with Crippen LogP contribution in [0.2, 0.25) is 0 Å². The van der Waals surface area contributed by atoms with E-state index in [1.54, 1.807) is 12.1 Å². The second kappa shape index (κ2) is 4.60. The molecule has 6 nitrogen and oxygen atoms in total. The molecule has 0 radical (unpaired) electrons. The first-order chi connectivity index (χ1) is 8.82. The summed E-state index contributed by atoms with van der Waals surface area (Å²) in [4.78, 5) is 14.6. The summed E-state index contributed by atoms with van der Waals surface area (Å²) in [7, 11) is 5.84. The van der Waals surface area contributed by atoms with Crippen LogP contribution in [0.15, 0.2) is 40.4 Å². The molecule has 0 spiro atoms. The van der Waals surface area contributed by atoms with Crippen LogP contribution in [0.3, 0.4) is 0 Å². The highest BCUT2D eigenvalue weighted by molar-refractivity contribution is 7.63. The molecular weight excluding hydrogens is 264 g/mol. The van der Waals surface area contributed by atoms with Crippen LogP contribution in [0, 0.1) is 10.1 Å². The van der Waals surface area contributed by atoms with Crippen molar-refractivity contribution >= 4 is 29.8 Å². The molecule has 7 heteroatoms. The first-order valence-corrected chi connectivity index (χ1v) is 6.04. The fourth-order valence-electron chi connectivity index (χ4n) is 1.70. The van der Waals surface area contributed by atoms with Gasteiger partial charge in [-0.25, -0.2) is 5.01 Å². The zero-order valence-electron chi connectivity index (χ0n) is 10.9. The maximum absolute atomic E-state index is 10.6. The Morgan fingerprint density at radius 1 is 1.32 bits per heavy atom. The molecule has 0 saturated heterocycles. The predicted octanol–water partition coefficient (Wildman–Crippen LogP) is 1.95. The van der Waals surface area contributed by atoms with Crippen molar-refractivity contribution in [1.82, 2.24) is 5.01 Å². The lowest BCUT2D eigenvalue weighted by Crippen LogP contribution is -2.50. The van der Waals surface area contributed by atoms with Crippen molar-refractivity contribution in [2.24, 2.45) is 4.99 Å². The van der Waals surface area contributed by atoms with Gasteiger partial charge in [-0.3, -0.25) is 10.1 Å². The molecule has 19 heavy (non-hydrogen) atoms. The Labute approximate surface area is 116 Å². The lowest BCUT2D eigenvalue weighted by molar-refractivity contribution is -0.907. The van der Waals surface area contributed by atoms with E-state index in [0.29, 0.717) is 15.3 Å². The summed E-state index contributed by atoms with van der Waals surface area (Å²) >= 11 is 5.22. The Morgan fingerprint density at radius 3 is 2.32 bits per heavy atom. The standard InChI is InChI=1S/C12H14N4O2S/c1-14-12(19)8-11(16(14,2)3)13-9-4-6-10(7-5-9)15(17)18/h4-8H,1-3H3. The lowest BCUT2D eigenvalue weighted by Gasteiger charge is -2.35. The summed E-state index contributed by atoms with van der Waals surface area (Å²) in [5, 5.41) is 13.2. The van der Waals surface area contributed by atoms with Gasteiger partial charge in [0.2, 0.25) is 0 Å². The maximum atomic E-state index is 10.6. The number of amidine groups is 1. The molecule has 0 N–H and O–H groups in total. The minimum atomic E-state index is -0.429. The number of nitrogens with zero attached hydrogens (tertiary/aromatic N) is 4. The Balaban J connectivity index is 2.34. The van der Waals surface area contributed by atoms with Crippen molar-refractivity contribution < 1.29 is 9.52 Å². The van der Waals surface area contributed by atoms with E-state index in [1.165, 1.54) is 12.1 Å². The number of non-ortho nitro benzene ring substituents is 1. The van der Waals surface area contributed by atoms with Crippen LogP contribution in [-0.2, 0) is 12.6 Å². The molecule has 2 rings (SSSR count). The first-order valence-electron chi connectivity index (χ1n) is 5.63. The van der Waals surface area contributed by atoms with Gasteiger partial charge in [-0.2, -0.15) is 9.58 Å². The topological polar surface area (TPSA) is 58.7 Å². The van der Waals surface area contributed by atoms with Crippen molar-refractivity contribution in [3.8, 4) is 0 Å². The van der Waals surface area contributed by atoms with Crippen LogP contribution in [0.1, 0.15) is 0 Å². The van der Waals surface area contributed by atoms with E-state index in [9.17, 15) is 10.1 Å². The molecule has 1 aliphatic heterocycles. The third-order valence-corrected chi connectivity index (χ3v) is 3.57. The fraction of sp³-hybridized carbons (Fsp3) is 0.250. The van der Waals surface area contributed by atoms with Gasteiger partial charge in [0, 0.05) is 18.2 Å². The smallest absolute Gasteiger partial charge is 0.269 e. The second-order valence-corrected chi connectivity index (χ2v) is 5.06. The molecule has 0 unspecified atom stereocenters. The number of nitro groups is 1. The zero-order valence-corrected chi connectivity index (χ0v) is 11.7. The van der Waals surface area contributed by atoms with Crippen LogP contribution in [0.4, 0.5) is 11.4 Å². The number of benzene rings is 1. The largest absolute Gasteiger partial charge is 0.757 e. The predicted molar refractivity (Wildman–Crippen MR) is 75.5 cm³/mol. The van der Waals surface area contributed by atoms with Crippen LogP contribution >= 0.6 is 0 Å². The molecule has 1 heterocycles. The molecule has 1 aromatic carbocycles. The molecule has 0 aromatic heterocycles. The molecule has 0 bridgehead atoms. The molecule has 0 amide bonds. The highest BCUT2D eigenvalue weighted by Crippen LogP contribution is 2.25. The Kier molecular flexibility index (Phi) is 3.25. The van der Waals surface area contributed by atoms with E-state index in [1.807, 2.05) is 32.2 Å². The molecule has 1 aromatic rings. The van der Waals surface area contributed by atoms with Crippen LogP contribution in [0.25, 0.3) is 0 Å². The number of quaternary nitrogens is 1. The average Bonchev–Trinajstić information content (AvgIpc) is 2.54. The number of hydrogen-bond donors (Lipinski definition) is 0. The van der Waals surface area contributed by atoms with Gasteiger partial charge in [-0.1, -0.05) is 0 Å². The Bertz CT molecular complexity index is 578. The van der Waals surface area contributed by atoms with Crippen molar-refractivity contribution in [3.63, 3.8) is 0 Å². The summed E-state index contributed by atoms with van der Waals surface area (Å²) in [5.41, 5.74) is 0.724. The van der Waals surface area contributed by atoms with Gasteiger partial charge in [0.05, 0.1) is 31.8 Å². The number of aliphatic imine (C=N–C) groups is 1. The second-order valence-electron chi connectivity index (χ2n) is 4.64. The van der Waals surface area contributed by atoms with Gasteiger partial charge in [-0.15, -0.1) is 0 Å². The Morgan fingerprint density at radius 2 is 1.89 bits per heavy atom.